The fourth-order valence-electron chi connectivity index (χ4n) is 2.67. The first-order chi connectivity index (χ1) is 9.45. The Labute approximate surface area is 118 Å². The Morgan fingerprint density at radius 2 is 1.95 bits per heavy atom. The van der Waals surface area contributed by atoms with Crippen LogP contribution in [0.1, 0.15) is 27.2 Å². The lowest BCUT2D eigenvalue weighted by atomic mass is 9.97. The second-order valence-corrected chi connectivity index (χ2v) is 5.67. The minimum absolute atomic E-state index is 0.0874. The molecule has 0 aromatic heterocycles. The van der Waals surface area contributed by atoms with Crippen molar-refractivity contribution in [2.75, 3.05) is 18.0 Å². The Morgan fingerprint density at radius 1 is 1.25 bits per heavy atom. The van der Waals surface area contributed by atoms with E-state index >= 15 is 0 Å². The quantitative estimate of drug-likeness (QED) is 0.858. The summed E-state index contributed by atoms with van der Waals surface area (Å²) < 4.78 is 40.5. The van der Waals surface area contributed by atoms with Crippen molar-refractivity contribution in [2.45, 2.75) is 39.3 Å². The number of piperazine rings is 1. The van der Waals surface area contributed by atoms with Crippen LogP contribution in [0.5, 0.6) is 0 Å². The zero-order valence-corrected chi connectivity index (χ0v) is 12.1. The minimum Gasteiger partial charge on any atom is -0.363 e. The van der Waals surface area contributed by atoms with Crippen molar-refractivity contribution >= 4 is 5.69 Å². The summed E-state index contributed by atoms with van der Waals surface area (Å²) in [6.07, 6.45) is 0.816. The SMILES string of the molecule is CCC1CNC(C(C)C)CN1c1ccc(F)c(F)c1F. The Balaban J connectivity index is 2.34. The lowest BCUT2D eigenvalue weighted by molar-refractivity contribution is 0.321. The number of nitrogens with zero attached hydrogens (tertiary/aromatic N) is 1. The van der Waals surface area contributed by atoms with Crippen LogP contribution in [-0.2, 0) is 0 Å². The predicted octanol–water partition coefficient (Wildman–Crippen LogP) is 3.32. The molecule has 0 saturated carbocycles. The molecule has 1 aromatic rings. The lowest BCUT2D eigenvalue weighted by Crippen LogP contribution is -2.58. The zero-order chi connectivity index (χ0) is 14.9. The van der Waals surface area contributed by atoms with Gasteiger partial charge in [0.25, 0.3) is 0 Å². The zero-order valence-electron chi connectivity index (χ0n) is 12.1. The van der Waals surface area contributed by atoms with Gasteiger partial charge in [-0.25, -0.2) is 13.2 Å². The summed E-state index contributed by atoms with van der Waals surface area (Å²) in [7, 11) is 0. The first-order valence-electron chi connectivity index (χ1n) is 7.09. The molecule has 1 fully saturated rings. The Hall–Kier alpha value is -1.23. The van der Waals surface area contributed by atoms with Crippen molar-refractivity contribution in [1.82, 2.24) is 5.32 Å². The minimum atomic E-state index is -1.39. The highest BCUT2D eigenvalue weighted by Crippen LogP contribution is 2.28. The van der Waals surface area contributed by atoms with Crippen molar-refractivity contribution in [2.24, 2.45) is 5.92 Å². The monoisotopic (exact) mass is 286 g/mol. The highest BCUT2D eigenvalue weighted by atomic mass is 19.2. The molecule has 2 nitrogen and oxygen atoms in total. The van der Waals surface area contributed by atoms with Gasteiger partial charge in [0.2, 0.25) is 0 Å². The lowest BCUT2D eigenvalue weighted by Gasteiger charge is -2.43. The highest BCUT2D eigenvalue weighted by molar-refractivity contribution is 5.50. The van der Waals surface area contributed by atoms with Gasteiger partial charge in [-0.2, -0.15) is 0 Å². The van der Waals surface area contributed by atoms with E-state index in [2.05, 4.69) is 19.2 Å². The molecule has 1 aliphatic rings. The van der Waals surface area contributed by atoms with Gasteiger partial charge in [-0.3, -0.25) is 0 Å². The molecule has 5 heteroatoms. The Morgan fingerprint density at radius 3 is 2.55 bits per heavy atom. The second kappa shape index (κ2) is 6.04. The van der Waals surface area contributed by atoms with E-state index in [9.17, 15) is 13.2 Å². The van der Waals surface area contributed by atoms with Crippen LogP contribution < -0.4 is 10.2 Å². The van der Waals surface area contributed by atoms with Gasteiger partial charge in [0.15, 0.2) is 17.5 Å². The molecule has 1 N–H and O–H groups in total. The number of anilines is 1. The molecule has 0 aliphatic carbocycles. The predicted molar refractivity (Wildman–Crippen MR) is 74.4 cm³/mol. The van der Waals surface area contributed by atoms with E-state index in [1.54, 1.807) is 0 Å². The van der Waals surface area contributed by atoms with E-state index < -0.39 is 17.5 Å². The Kier molecular flexibility index (Phi) is 4.58. The van der Waals surface area contributed by atoms with Gasteiger partial charge >= 0.3 is 0 Å². The number of rotatable bonds is 3. The largest absolute Gasteiger partial charge is 0.363 e. The van der Waals surface area contributed by atoms with E-state index in [4.69, 9.17) is 0 Å². The van der Waals surface area contributed by atoms with Gasteiger partial charge in [-0.1, -0.05) is 20.8 Å². The summed E-state index contributed by atoms with van der Waals surface area (Å²) in [6, 6.07) is 2.63. The normalized spacial score (nSPS) is 23.4. The van der Waals surface area contributed by atoms with Crippen LogP contribution >= 0.6 is 0 Å². The van der Waals surface area contributed by atoms with E-state index in [-0.39, 0.29) is 17.8 Å². The number of hydrogen-bond donors (Lipinski definition) is 1. The number of hydrogen-bond acceptors (Lipinski definition) is 2. The molecule has 0 amide bonds. The molecule has 112 valence electrons. The number of benzene rings is 1. The summed E-state index contributed by atoms with van der Waals surface area (Å²) in [5, 5.41) is 3.43. The maximum absolute atomic E-state index is 14.0. The molecule has 1 aromatic carbocycles. The van der Waals surface area contributed by atoms with E-state index in [0.717, 1.165) is 19.0 Å². The van der Waals surface area contributed by atoms with Crippen molar-refractivity contribution in [3.05, 3.63) is 29.6 Å². The summed E-state index contributed by atoms with van der Waals surface area (Å²) in [4.78, 5) is 1.86. The van der Waals surface area contributed by atoms with Crippen molar-refractivity contribution in [3.63, 3.8) is 0 Å². The van der Waals surface area contributed by atoms with E-state index in [1.807, 2.05) is 11.8 Å². The maximum Gasteiger partial charge on any atom is 0.196 e. The van der Waals surface area contributed by atoms with Crippen molar-refractivity contribution in [3.8, 4) is 0 Å². The van der Waals surface area contributed by atoms with Crippen molar-refractivity contribution in [1.29, 1.82) is 0 Å². The van der Waals surface area contributed by atoms with Crippen LogP contribution in [0.15, 0.2) is 12.1 Å². The number of halogens is 3. The third kappa shape index (κ3) is 2.77. The van der Waals surface area contributed by atoms with Gasteiger partial charge in [-0.05, 0) is 24.5 Å². The highest BCUT2D eigenvalue weighted by Gasteiger charge is 2.31. The summed E-state index contributed by atoms with van der Waals surface area (Å²) in [6.45, 7) is 7.50. The fraction of sp³-hybridized carbons (Fsp3) is 0.600. The van der Waals surface area contributed by atoms with E-state index in [0.29, 0.717) is 12.5 Å². The molecule has 0 spiro atoms. The Bertz CT molecular complexity index is 476. The summed E-state index contributed by atoms with van der Waals surface area (Å²) in [5.41, 5.74) is 0.155. The van der Waals surface area contributed by atoms with Crippen LogP contribution in [0.2, 0.25) is 0 Å². The van der Waals surface area contributed by atoms with Gasteiger partial charge in [0.05, 0.1) is 5.69 Å². The van der Waals surface area contributed by atoms with E-state index in [1.165, 1.54) is 6.07 Å². The van der Waals surface area contributed by atoms with Crippen LogP contribution in [-0.4, -0.2) is 25.2 Å². The third-order valence-corrected chi connectivity index (χ3v) is 4.05. The van der Waals surface area contributed by atoms with Gasteiger partial charge < -0.3 is 10.2 Å². The molecule has 0 bridgehead atoms. The maximum atomic E-state index is 14.0. The molecule has 20 heavy (non-hydrogen) atoms. The molecule has 0 radical (unpaired) electrons. The first kappa shape index (κ1) is 15.2. The summed E-state index contributed by atoms with van der Waals surface area (Å²) >= 11 is 0. The molecular weight excluding hydrogens is 265 g/mol. The second-order valence-electron chi connectivity index (χ2n) is 5.67. The molecule has 2 rings (SSSR count). The van der Waals surface area contributed by atoms with Crippen LogP contribution in [0.3, 0.4) is 0 Å². The van der Waals surface area contributed by atoms with Gasteiger partial charge in [0.1, 0.15) is 0 Å². The molecule has 1 heterocycles. The molecular formula is C15H21F3N2. The first-order valence-corrected chi connectivity index (χ1v) is 7.09. The fourth-order valence-corrected chi connectivity index (χ4v) is 2.67. The number of nitrogens with one attached hydrogen (secondary N) is 1. The average molecular weight is 286 g/mol. The van der Waals surface area contributed by atoms with Crippen molar-refractivity contribution < 1.29 is 13.2 Å². The van der Waals surface area contributed by atoms with Crippen LogP contribution in [0.4, 0.5) is 18.9 Å². The third-order valence-electron chi connectivity index (χ3n) is 4.05. The standard InChI is InChI=1S/C15H21F3N2/c1-4-10-7-19-12(9(2)3)8-20(10)13-6-5-11(16)14(17)15(13)18/h5-6,9-10,12,19H,4,7-8H2,1-3H3. The molecule has 2 unspecified atom stereocenters. The average Bonchev–Trinajstić information content (AvgIpc) is 2.44. The van der Waals surface area contributed by atoms with Crippen LogP contribution in [0, 0.1) is 23.4 Å². The van der Waals surface area contributed by atoms with Crippen LogP contribution in [0.25, 0.3) is 0 Å². The smallest absolute Gasteiger partial charge is 0.196 e. The molecule has 1 saturated heterocycles. The van der Waals surface area contributed by atoms with Gasteiger partial charge in [-0.15, -0.1) is 0 Å². The summed E-state index contributed by atoms with van der Waals surface area (Å²) in [5.74, 6) is -3.23. The molecule has 2 atom stereocenters. The molecule has 1 aliphatic heterocycles. The topological polar surface area (TPSA) is 15.3 Å². The van der Waals surface area contributed by atoms with Gasteiger partial charge in [0, 0.05) is 25.2 Å².